The molecule has 2 aromatic carbocycles. The molecule has 4 N–H and O–H groups in total. The first-order valence-corrected chi connectivity index (χ1v) is 9.87. The van der Waals surface area contributed by atoms with Crippen molar-refractivity contribution in [2.75, 3.05) is 11.2 Å². The van der Waals surface area contributed by atoms with E-state index in [0.717, 1.165) is 16.3 Å². The van der Waals surface area contributed by atoms with E-state index < -0.39 is 11.1 Å². The Morgan fingerprint density at radius 1 is 1.12 bits per heavy atom. The van der Waals surface area contributed by atoms with E-state index >= 15 is 0 Å². The summed E-state index contributed by atoms with van der Waals surface area (Å²) in [6.07, 6.45) is 0. The lowest BCUT2D eigenvalue weighted by Gasteiger charge is -2.12. The minimum atomic E-state index is -1.93. The Balaban J connectivity index is 1.91. The van der Waals surface area contributed by atoms with E-state index in [0.29, 0.717) is 21.5 Å². The minimum Gasteiger partial charge on any atom is -0.507 e. The predicted molar refractivity (Wildman–Crippen MR) is 106 cm³/mol. The monoisotopic (exact) mass is 386 g/mol. The summed E-state index contributed by atoms with van der Waals surface area (Å²) in [5, 5.41) is 16.8. The number of hydrogen-bond acceptors (Lipinski definition) is 5. The SMILES string of the molecule is O=c1[nH]c2ccc(O)c(-c3ccc(NCS(=O)O)cc3)c2c2ccsc12. The molecule has 0 spiro atoms. The average molecular weight is 386 g/mol. The number of aromatic nitrogens is 1. The van der Waals surface area contributed by atoms with Gasteiger partial charge in [0, 0.05) is 27.5 Å². The van der Waals surface area contributed by atoms with Crippen LogP contribution in [0.2, 0.25) is 0 Å². The van der Waals surface area contributed by atoms with Crippen molar-refractivity contribution in [3.05, 3.63) is 58.2 Å². The fraction of sp³-hybridized carbons (Fsp3) is 0.0556. The van der Waals surface area contributed by atoms with Crippen LogP contribution in [0, 0.1) is 0 Å². The number of hydrogen-bond donors (Lipinski definition) is 4. The number of H-pyrrole nitrogens is 1. The highest BCUT2D eigenvalue weighted by Crippen LogP contribution is 2.39. The molecule has 1 atom stereocenters. The molecular weight excluding hydrogens is 372 g/mol. The van der Waals surface area contributed by atoms with Crippen LogP contribution in [0.15, 0.2) is 52.6 Å². The summed E-state index contributed by atoms with van der Waals surface area (Å²) in [6, 6.07) is 12.3. The van der Waals surface area contributed by atoms with Gasteiger partial charge >= 0.3 is 0 Å². The predicted octanol–water partition coefficient (Wildman–Crippen LogP) is 3.71. The zero-order chi connectivity index (χ0) is 18.3. The van der Waals surface area contributed by atoms with Gasteiger partial charge in [0.1, 0.15) is 16.3 Å². The first kappa shape index (κ1) is 16.8. The lowest BCUT2D eigenvalue weighted by Crippen LogP contribution is -2.06. The van der Waals surface area contributed by atoms with E-state index in [9.17, 15) is 14.1 Å². The molecule has 2 heterocycles. The van der Waals surface area contributed by atoms with Crippen LogP contribution in [0.4, 0.5) is 5.69 Å². The number of benzene rings is 2. The molecule has 0 radical (unpaired) electrons. The highest BCUT2D eigenvalue weighted by Gasteiger charge is 2.15. The summed E-state index contributed by atoms with van der Waals surface area (Å²) < 4.78 is 20.2. The molecular formula is C18H14N2O4S2. The molecule has 0 aliphatic heterocycles. The Bertz CT molecular complexity index is 1200. The molecule has 2 aromatic heterocycles. The van der Waals surface area contributed by atoms with Crippen LogP contribution < -0.4 is 10.9 Å². The summed E-state index contributed by atoms with van der Waals surface area (Å²) in [5.41, 5.74) is 2.63. The molecule has 0 aliphatic rings. The second-order valence-electron chi connectivity index (χ2n) is 5.72. The summed E-state index contributed by atoms with van der Waals surface area (Å²) in [4.78, 5) is 15.1. The van der Waals surface area contributed by atoms with Gasteiger partial charge < -0.3 is 20.0 Å². The van der Waals surface area contributed by atoms with Crippen molar-refractivity contribution >= 4 is 49.1 Å². The maximum Gasteiger partial charge on any atom is 0.266 e. The molecule has 0 saturated carbocycles. The Morgan fingerprint density at radius 3 is 2.62 bits per heavy atom. The third kappa shape index (κ3) is 2.88. The molecule has 0 aliphatic carbocycles. The number of nitrogens with one attached hydrogen (secondary N) is 2. The molecule has 26 heavy (non-hydrogen) atoms. The van der Waals surface area contributed by atoms with Crippen molar-refractivity contribution in [2.24, 2.45) is 0 Å². The molecule has 4 aromatic rings. The van der Waals surface area contributed by atoms with Gasteiger partial charge in [-0.25, -0.2) is 4.21 Å². The van der Waals surface area contributed by atoms with Crippen LogP contribution in [0.5, 0.6) is 5.75 Å². The topological polar surface area (TPSA) is 102 Å². The lowest BCUT2D eigenvalue weighted by molar-refractivity contribution is 0.478. The molecule has 0 fully saturated rings. The van der Waals surface area contributed by atoms with Crippen LogP contribution in [-0.4, -0.2) is 24.7 Å². The number of rotatable bonds is 4. The van der Waals surface area contributed by atoms with Crippen LogP contribution in [0.1, 0.15) is 0 Å². The van der Waals surface area contributed by atoms with Crippen LogP contribution in [0.3, 0.4) is 0 Å². The zero-order valence-corrected chi connectivity index (χ0v) is 15.0. The maximum absolute atomic E-state index is 12.2. The van der Waals surface area contributed by atoms with Crippen molar-refractivity contribution in [3.63, 3.8) is 0 Å². The van der Waals surface area contributed by atoms with Gasteiger partial charge in [0.05, 0.1) is 0 Å². The van der Waals surface area contributed by atoms with E-state index in [1.807, 2.05) is 23.6 Å². The maximum atomic E-state index is 12.2. The third-order valence-electron chi connectivity index (χ3n) is 4.15. The smallest absolute Gasteiger partial charge is 0.266 e. The minimum absolute atomic E-state index is 0.0599. The number of thiophene rings is 1. The normalized spacial score (nSPS) is 12.5. The van der Waals surface area contributed by atoms with Gasteiger partial charge in [0.15, 0.2) is 11.1 Å². The van der Waals surface area contributed by atoms with E-state index in [4.69, 9.17) is 4.55 Å². The number of anilines is 1. The van der Waals surface area contributed by atoms with Crippen molar-refractivity contribution in [2.45, 2.75) is 0 Å². The summed E-state index contributed by atoms with van der Waals surface area (Å²) in [5.74, 6) is 0.0598. The van der Waals surface area contributed by atoms with Crippen LogP contribution in [0.25, 0.3) is 32.1 Å². The summed E-state index contributed by atoms with van der Waals surface area (Å²) in [6.45, 7) is 0. The molecule has 0 amide bonds. The van der Waals surface area contributed by atoms with Crippen molar-refractivity contribution in [3.8, 4) is 16.9 Å². The Labute approximate surface area is 154 Å². The van der Waals surface area contributed by atoms with Gasteiger partial charge in [-0.15, -0.1) is 11.3 Å². The van der Waals surface area contributed by atoms with Gasteiger partial charge in [0.25, 0.3) is 5.56 Å². The van der Waals surface area contributed by atoms with E-state index in [-0.39, 0.29) is 17.2 Å². The fourth-order valence-electron chi connectivity index (χ4n) is 3.03. The first-order chi connectivity index (χ1) is 12.5. The second-order valence-corrected chi connectivity index (χ2v) is 7.57. The molecule has 0 saturated heterocycles. The number of phenolic OH excluding ortho intramolecular Hbond substituents is 1. The number of aromatic amines is 1. The second kappa shape index (κ2) is 6.56. The largest absolute Gasteiger partial charge is 0.507 e. The van der Waals surface area contributed by atoms with E-state index in [1.54, 1.807) is 24.3 Å². The molecule has 4 rings (SSSR count). The zero-order valence-electron chi connectivity index (χ0n) is 13.4. The molecule has 132 valence electrons. The van der Waals surface area contributed by atoms with Gasteiger partial charge in [0.2, 0.25) is 0 Å². The van der Waals surface area contributed by atoms with Gasteiger partial charge in [-0.3, -0.25) is 4.79 Å². The van der Waals surface area contributed by atoms with Crippen molar-refractivity contribution in [1.29, 1.82) is 0 Å². The first-order valence-electron chi connectivity index (χ1n) is 7.71. The van der Waals surface area contributed by atoms with Gasteiger partial charge in [-0.05, 0) is 41.3 Å². The third-order valence-corrected chi connectivity index (χ3v) is 5.45. The lowest BCUT2D eigenvalue weighted by atomic mass is 9.97. The van der Waals surface area contributed by atoms with Gasteiger partial charge in [-0.1, -0.05) is 12.1 Å². The number of phenols is 1. The van der Waals surface area contributed by atoms with Gasteiger partial charge in [-0.2, -0.15) is 0 Å². The standard InChI is InChI=1S/C18H14N2O4S2/c21-14-6-5-13-16(12-7-8-25-17(12)18(22)20-13)15(14)10-1-3-11(4-2-10)19-9-26(23)24/h1-8,19,21H,9H2,(H,20,22)(H,23,24). The molecule has 0 bridgehead atoms. The molecule has 8 heteroatoms. The average Bonchev–Trinajstić information content (AvgIpc) is 3.12. The number of fused-ring (bicyclic) bond motifs is 3. The van der Waals surface area contributed by atoms with Crippen LogP contribution >= 0.6 is 11.3 Å². The Hall–Kier alpha value is -2.68. The van der Waals surface area contributed by atoms with Crippen LogP contribution in [-0.2, 0) is 11.1 Å². The van der Waals surface area contributed by atoms with E-state index in [1.165, 1.54) is 11.3 Å². The number of pyridine rings is 1. The number of aromatic hydroxyl groups is 1. The fourth-order valence-corrected chi connectivity index (χ4v) is 4.11. The summed E-state index contributed by atoms with van der Waals surface area (Å²) in [7, 11) is 0. The molecule has 6 nitrogen and oxygen atoms in total. The van der Waals surface area contributed by atoms with E-state index in [2.05, 4.69) is 10.3 Å². The quantitative estimate of drug-likeness (QED) is 0.401. The van der Waals surface area contributed by atoms with Crippen molar-refractivity contribution in [1.82, 2.24) is 4.98 Å². The highest BCUT2D eigenvalue weighted by atomic mass is 32.2. The Morgan fingerprint density at radius 2 is 1.88 bits per heavy atom. The molecule has 1 unspecified atom stereocenters. The van der Waals surface area contributed by atoms with Crippen molar-refractivity contribution < 1.29 is 13.9 Å². The summed E-state index contributed by atoms with van der Waals surface area (Å²) >= 11 is -0.564. The highest BCUT2D eigenvalue weighted by molar-refractivity contribution is 7.79. The Kier molecular flexibility index (Phi) is 4.23.